The van der Waals surface area contributed by atoms with Gasteiger partial charge in [0.2, 0.25) is 0 Å². The van der Waals surface area contributed by atoms with Crippen LogP contribution in [0.3, 0.4) is 0 Å². The lowest BCUT2D eigenvalue weighted by molar-refractivity contribution is 0.0929. The molecule has 0 radical (unpaired) electrons. The van der Waals surface area contributed by atoms with Gasteiger partial charge in [0.05, 0.1) is 17.1 Å². The number of rotatable bonds is 7. The number of anilines is 2. The summed E-state index contributed by atoms with van der Waals surface area (Å²) in [4.78, 5) is 38.3. The fourth-order valence-electron chi connectivity index (χ4n) is 7.54. The Bertz CT molecular complexity index is 1700. The van der Waals surface area contributed by atoms with Crippen molar-refractivity contribution >= 4 is 34.4 Å². The lowest BCUT2D eigenvalue weighted by Crippen LogP contribution is -2.44. The average molecular weight is 622 g/mol. The summed E-state index contributed by atoms with van der Waals surface area (Å²) in [6, 6.07) is 16.4. The largest absolute Gasteiger partial charge is 0.369 e. The van der Waals surface area contributed by atoms with Crippen molar-refractivity contribution in [2.75, 3.05) is 49.6 Å². The van der Waals surface area contributed by atoms with E-state index in [1.807, 2.05) is 38.1 Å². The first kappa shape index (κ1) is 30.2. The second-order valence-electron chi connectivity index (χ2n) is 13.2. The molecule has 2 saturated heterocycles. The number of hydrogen-bond donors (Lipinski definition) is 3. The van der Waals surface area contributed by atoms with Crippen LogP contribution in [0, 0.1) is 12.8 Å². The summed E-state index contributed by atoms with van der Waals surface area (Å²) < 4.78 is 0. The number of aromatic nitrogens is 4. The van der Waals surface area contributed by atoms with E-state index in [1.54, 1.807) is 6.20 Å². The van der Waals surface area contributed by atoms with Crippen molar-refractivity contribution in [2.45, 2.75) is 57.7 Å². The molecule has 1 saturated carbocycles. The summed E-state index contributed by atoms with van der Waals surface area (Å²) in [7, 11) is 2.16. The third-order valence-corrected chi connectivity index (χ3v) is 10.3. The highest BCUT2D eigenvalue weighted by molar-refractivity contribution is 5.99. The number of piperazine rings is 1. The van der Waals surface area contributed by atoms with Gasteiger partial charge in [-0.2, -0.15) is 0 Å². The molecule has 4 heterocycles. The molecule has 3 unspecified atom stereocenters. The highest BCUT2D eigenvalue weighted by Crippen LogP contribution is 2.39. The normalized spacial score (nSPS) is 22.5. The lowest BCUT2D eigenvalue weighted by Gasteiger charge is -2.38. The van der Waals surface area contributed by atoms with E-state index in [0.717, 1.165) is 86.4 Å². The van der Waals surface area contributed by atoms with Crippen LogP contribution in [-0.4, -0.2) is 89.0 Å². The molecular formula is C35H43N9O2. The summed E-state index contributed by atoms with van der Waals surface area (Å²) in [5.74, 6) is 1.18. The number of pyridine rings is 1. The first-order chi connectivity index (χ1) is 22.3. The van der Waals surface area contributed by atoms with Gasteiger partial charge < -0.3 is 25.3 Å². The van der Waals surface area contributed by atoms with Crippen LogP contribution in [0.1, 0.15) is 70.5 Å². The lowest BCUT2D eigenvalue weighted by atomic mass is 9.92. The van der Waals surface area contributed by atoms with Crippen LogP contribution in [0.5, 0.6) is 0 Å². The zero-order valence-corrected chi connectivity index (χ0v) is 26.9. The number of hydrogen-bond acceptors (Lipinski definition) is 8. The van der Waals surface area contributed by atoms with E-state index < -0.39 is 0 Å². The second-order valence-corrected chi connectivity index (χ2v) is 13.2. The predicted molar refractivity (Wildman–Crippen MR) is 179 cm³/mol. The van der Waals surface area contributed by atoms with Gasteiger partial charge in [-0.1, -0.05) is 17.3 Å². The Kier molecular flexibility index (Phi) is 8.33. The number of benzene rings is 2. The van der Waals surface area contributed by atoms with Crippen molar-refractivity contribution < 1.29 is 9.59 Å². The summed E-state index contributed by atoms with van der Waals surface area (Å²) in [6.07, 6.45) is 5.74. The Labute approximate surface area is 269 Å². The number of amides is 2. The van der Waals surface area contributed by atoms with Crippen molar-refractivity contribution in [1.29, 1.82) is 0 Å². The summed E-state index contributed by atoms with van der Waals surface area (Å²) >= 11 is 0. The maximum absolute atomic E-state index is 13.3. The van der Waals surface area contributed by atoms with Gasteiger partial charge in [0, 0.05) is 62.3 Å². The van der Waals surface area contributed by atoms with Gasteiger partial charge in [-0.05, 0) is 100 Å². The number of likely N-dealkylation sites (N-methyl/N-ethyl adjacent to an activating group) is 1. The van der Waals surface area contributed by atoms with Gasteiger partial charge in [0.25, 0.3) is 11.8 Å². The number of H-pyrrole nitrogens is 1. The zero-order valence-electron chi connectivity index (χ0n) is 26.9. The highest BCUT2D eigenvalue weighted by Gasteiger charge is 2.41. The fourth-order valence-corrected chi connectivity index (χ4v) is 7.54. The van der Waals surface area contributed by atoms with Gasteiger partial charge in [0.1, 0.15) is 11.3 Å². The maximum atomic E-state index is 13.3. The average Bonchev–Trinajstić information content (AvgIpc) is 3.73. The molecule has 2 amide bonds. The van der Waals surface area contributed by atoms with Crippen LogP contribution in [-0.2, 0) is 0 Å². The predicted octanol–water partition coefficient (Wildman–Crippen LogP) is 4.08. The topological polar surface area (TPSA) is 122 Å². The molecule has 2 aromatic carbocycles. The van der Waals surface area contributed by atoms with Crippen LogP contribution in [0.25, 0.3) is 11.0 Å². The number of aromatic amines is 1. The minimum atomic E-state index is -0.131. The maximum Gasteiger partial charge on any atom is 0.253 e. The Morgan fingerprint density at radius 1 is 0.957 bits per heavy atom. The molecular weight excluding hydrogens is 578 g/mol. The monoisotopic (exact) mass is 621 g/mol. The van der Waals surface area contributed by atoms with Crippen molar-refractivity contribution in [3.63, 3.8) is 0 Å². The van der Waals surface area contributed by atoms with E-state index in [4.69, 9.17) is 4.98 Å². The van der Waals surface area contributed by atoms with E-state index >= 15 is 0 Å². The molecule has 0 bridgehead atoms. The minimum absolute atomic E-state index is 0.0636. The van der Waals surface area contributed by atoms with Gasteiger partial charge >= 0.3 is 0 Å². The molecule has 11 heteroatoms. The molecule has 11 nitrogen and oxygen atoms in total. The van der Waals surface area contributed by atoms with E-state index in [2.05, 4.69) is 72.1 Å². The van der Waals surface area contributed by atoms with Crippen LogP contribution >= 0.6 is 0 Å². The second kappa shape index (κ2) is 12.7. The molecule has 46 heavy (non-hydrogen) atoms. The fraction of sp³-hybridized carbons (Fsp3) is 0.457. The number of fused-ring (bicyclic) bond motifs is 2. The number of aryl methyl sites for hydroxylation is 1. The standard InChI is InChI=1S/C35H43N9O2/c1-22-29(11-12-30-33(22)40-41-39-30)35(46)38-27-19-25-5-4-14-44(31(25)20-27)32-13-8-26(21-36-32)34(45)37-23(2)24-6-9-28(10-7-24)43-17-15-42(3)16-18-43/h6-13,21,23,25,27,31H,4-5,14-20H2,1-3H3,(H,37,45)(H,38,46)(H,39,40,41)/t23-,25?,27?,31?/m0/s1. The number of carbonyl (C=O) groups excluding carboxylic acids is 2. The molecule has 2 aliphatic heterocycles. The molecule has 3 N–H and O–H groups in total. The molecule has 4 aromatic rings. The van der Waals surface area contributed by atoms with Crippen molar-refractivity contribution in [2.24, 2.45) is 5.92 Å². The minimum Gasteiger partial charge on any atom is -0.369 e. The number of piperidine rings is 1. The van der Waals surface area contributed by atoms with E-state index in [1.165, 1.54) is 5.69 Å². The van der Waals surface area contributed by atoms with Crippen molar-refractivity contribution in [3.8, 4) is 0 Å². The zero-order chi connectivity index (χ0) is 31.8. The Morgan fingerprint density at radius 3 is 2.52 bits per heavy atom. The molecule has 2 aromatic heterocycles. The molecule has 3 aliphatic rings. The van der Waals surface area contributed by atoms with Crippen molar-refractivity contribution in [1.82, 2.24) is 35.9 Å². The summed E-state index contributed by atoms with van der Waals surface area (Å²) in [5, 5.41) is 17.3. The van der Waals surface area contributed by atoms with Crippen LogP contribution in [0.15, 0.2) is 54.7 Å². The SMILES string of the molecule is Cc1c(C(=O)NC2CC3CCCN(c4ccc(C(=O)N[C@@H](C)c5ccc(N6CCN(C)CC6)cc5)cn4)C3C2)ccc2[nH]nnc12. The Balaban J connectivity index is 0.955. The molecule has 7 rings (SSSR count). The number of carbonyl (C=O) groups is 2. The Morgan fingerprint density at radius 2 is 1.76 bits per heavy atom. The Hall–Kier alpha value is -4.51. The smallest absolute Gasteiger partial charge is 0.253 e. The van der Waals surface area contributed by atoms with Crippen molar-refractivity contribution in [3.05, 3.63) is 77.0 Å². The summed E-state index contributed by atoms with van der Waals surface area (Å²) in [5.41, 5.74) is 5.89. The van der Waals surface area contributed by atoms with Gasteiger partial charge in [-0.15, -0.1) is 5.10 Å². The van der Waals surface area contributed by atoms with Gasteiger partial charge in [-0.3, -0.25) is 14.7 Å². The molecule has 1 aliphatic carbocycles. The molecule has 4 atom stereocenters. The summed E-state index contributed by atoms with van der Waals surface area (Å²) in [6.45, 7) is 9.06. The molecule has 0 spiro atoms. The number of nitrogens with one attached hydrogen (secondary N) is 3. The quantitative estimate of drug-likeness (QED) is 0.282. The molecule has 240 valence electrons. The van der Waals surface area contributed by atoms with Crippen LogP contribution in [0.2, 0.25) is 0 Å². The van der Waals surface area contributed by atoms with E-state index in [0.29, 0.717) is 23.1 Å². The van der Waals surface area contributed by atoms with Gasteiger partial charge in [-0.25, -0.2) is 4.98 Å². The van der Waals surface area contributed by atoms with Gasteiger partial charge in [0.15, 0.2) is 0 Å². The highest BCUT2D eigenvalue weighted by atomic mass is 16.2. The third kappa shape index (κ3) is 6.03. The number of nitrogens with zero attached hydrogens (tertiary/aromatic N) is 6. The first-order valence-corrected chi connectivity index (χ1v) is 16.5. The van der Waals surface area contributed by atoms with Crippen LogP contribution < -0.4 is 20.4 Å². The van der Waals surface area contributed by atoms with E-state index in [9.17, 15) is 9.59 Å². The first-order valence-electron chi connectivity index (χ1n) is 16.5. The van der Waals surface area contributed by atoms with E-state index in [-0.39, 0.29) is 23.9 Å². The molecule has 3 fully saturated rings. The third-order valence-electron chi connectivity index (χ3n) is 10.3. The van der Waals surface area contributed by atoms with Crippen LogP contribution in [0.4, 0.5) is 11.5 Å².